The summed E-state index contributed by atoms with van der Waals surface area (Å²) >= 11 is 4.88. The highest BCUT2D eigenvalue weighted by molar-refractivity contribution is 9.10. The van der Waals surface area contributed by atoms with E-state index in [9.17, 15) is 4.79 Å². The molecular weight excluding hydrogens is 498 g/mol. The summed E-state index contributed by atoms with van der Waals surface area (Å²) in [7, 11) is 0. The van der Waals surface area contributed by atoms with Gasteiger partial charge in [0.2, 0.25) is 0 Å². The monoisotopic (exact) mass is 523 g/mol. The van der Waals surface area contributed by atoms with Crippen LogP contribution >= 0.6 is 27.3 Å². The molecule has 0 aliphatic rings. The number of rotatable bonds is 7. The van der Waals surface area contributed by atoms with Crippen LogP contribution in [0, 0.1) is 27.7 Å². The van der Waals surface area contributed by atoms with Gasteiger partial charge in [0.1, 0.15) is 12.4 Å². The molecular formula is C26H26BrN3O2S. The Kier molecular flexibility index (Phi) is 7.00. The summed E-state index contributed by atoms with van der Waals surface area (Å²) < 4.78 is 9.00. The SMILES string of the molecule is Cc1cccc(C)c1OCc1csc(C(=O)Nc2c(C)nn(Cc3ccc(Br)cc3)c2C)c1. The maximum Gasteiger partial charge on any atom is 0.265 e. The molecule has 0 spiro atoms. The Morgan fingerprint density at radius 3 is 2.45 bits per heavy atom. The molecule has 5 nitrogen and oxygen atoms in total. The molecule has 33 heavy (non-hydrogen) atoms. The normalized spacial score (nSPS) is 10.9. The molecule has 1 amide bonds. The third-order valence-electron chi connectivity index (χ3n) is 5.54. The number of benzene rings is 2. The minimum Gasteiger partial charge on any atom is -0.488 e. The Hall–Kier alpha value is -2.90. The summed E-state index contributed by atoms with van der Waals surface area (Å²) in [5.41, 5.74) is 6.83. The summed E-state index contributed by atoms with van der Waals surface area (Å²) in [6, 6.07) is 16.1. The van der Waals surface area contributed by atoms with Gasteiger partial charge in [0.05, 0.1) is 28.5 Å². The number of carbonyl (C=O) groups is 1. The first-order valence-corrected chi connectivity index (χ1v) is 12.4. The molecule has 4 aromatic rings. The van der Waals surface area contributed by atoms with E-state index in [1.54, 1.807) is 0 Å². The van der Waals surface area contributed by atoms with Crippen LogP contribution in [0.1, 0.15) is 43.3 Å². The molecule has 0 saturated carbocycles. The first-order chi connectivity index (χ1) is 15.8. The Morgan fingerprint density at radius 2 is 1.76 bits per heavy atom. The van der Waals surface area contributed by atoms with Crippen LogP contribution in [-0.2, 0) is 13.2 Å². The Bertz CT molecular complexity index is 1270. The maximum atomic E-state index is 12.9. The van der Waals surface area contributed by atoms with Crippen LogP contribution in [-0.4, -0.2) is 15.7 Å². The number of aromatic nitrogens is 2. The predicted molar refractivity (Wildman–Crippen MR) is 137 cm³/mol. The Morgan fingerprint density at radius 1 is 1.06 bits per heavy atom. The number of para-hydroxylation sites is 1. The predicted octanol–water partition coefficient (Wildman–Crippen LogP) is 6.82. The summed E-state index contributed by atoms with van der Waals surface area (Å²) in [4.78, 5) is 13.6. The minimum absolute atomic E-state index is 0.132. The maximum absolute atomic E-state index is 12.9. The standard InChI is InChI=1S/C26H26BrN3O2S/c1-16-6-5-7-17(2)25(16)32-14-21-12-23(33-15-21)26(31)28-24-18(3)29-30(19(24)4)13-20-8-10-22(27)11-9-20/h5-12,15H,13-14H2,1-4H3,(H,28,31). The highest BCUT2D eigenvalue weighted by Crippen LogP contribution is 2.26. The number of hydrogen-bond acceptors (Lipinski definition) is 4. The lowest BCUT2D eigenvalue weighted by Gasteiger charge is -2.11. The zero-order valence-corrected chi connectivity index (χ0v) is 21.5. The lowest BCUT2D eigenvalue weighted by atomic mass is 10.1. The molecule has 170 valence electrons. The van der Waals surface area contributed by atoms with Crippen LogP contribution in [0.15, 0.2) is 58.4 Å². The van der Waals surface area contributed by atoms with E-state index in [0.717, 1.165) is 49.6 Å². The number of halogens is 1. The molecule has 7 heteroatoms. The fourth-order valence-corrected chi connectivity index (χ4v) is 4.78. The van der Waals surface area contributed by atoms with Gasteiger partial charge in [-0.15, -0.1) is 11.3 Å². The van der Waals surface area contributed by atoms with Gasteiger partial charge in [0, 0.05) is 10.0 Å². The van der Waals surface area contributed by atoms with E-state index >= 15 is 0 Å². The molecule has 0 bridgehead atoms. The zero-order chi connectivity index (χ0) is 23.5. The molecule has 1 N–H and O–H groups in total. The molecule has 0 unspecified atom stereocenters. The van der Waals surface area contributed by atoms with Crippen molar-refractivity contribution in [3.05, 3.63) is 96.9 Å². The summed E-state index contributed by atoms with van der Waals surface area (Å²) in [6.45, 7) is 9.05. The molecule has 2 aromatic carbocycles. The van der Waals surface area contributed by atoms with Crippen molar-refractivity contribution in [2.75, 3.05) is 5.32 Å². The quantitative estimate of drug-likeness (QED) is 0.289. The average Bonchev–Trinajstić information content (AvgIpc) is 3.35. The van der Waals surface area contributed by atoms with Crippen LogP contribution in [0.2, 0.25) is 0 Å². The van der Waals surface area contributed by atoms with Crippen molar-refractivity contribution in [1.82, 2.24) is 9.78 Å². The highest BCUT2D eigenvalue weighted by atomic mass is 79.9. The molecule has 0 aliphatic carbocycles. The number of nitrogens with one attached hydrogen (secondary N) is 1. The number of aryl methyl sites for hydroxylation is 3. The number of hydrogen-bond donors (Lipinski definition) is 1. The van der Waals surface area contributed by atoms with Crippen molar-refractivity contribution >= 4 is 38.9 Å². The van der Waals surface area contributed by atoms with Gasteiger partial charge < -0.3 is 10.1 Å². The molecule has 2 aromatic heterocycles. The Balaban J connectivity index is 1.43. The molecule has 2 heterocycles. The highest BCUT2D eigenvalue weighted by Gasteiger charge is 2.17. The second kappa shape index (κ2) is 9.93. The largest absolute Gasteiger partial charge is 0.488 e. The van der Waals surface area contributed by atoms with Crippen molar-refractivity contribution in [1.29, 1.82) is 0 Å². The first kappa shape index (κ1) is 23.3. The molecule has 0 radical (unpaired) electrons. The van der Waals surface area contributed by atoms with Gasteiger partial charge in [-0.05, 0) is 68.0 Å². The van der Waals surface area contributed by atoms with Crippen LogP contribution in [0.3, 0.4) is 0 Å². The topological polar surface area (TPSA) is 56.1 Å². The number of ether oxygens (including phenoxy) is 1. The number of amides is 1. The summed E-state index contributed by atoms with van der Waals surface area (Å²) in [5, 5.41) is 9.66. The van der Waals surface area contributed by atoms with Crippen molar-refractivity contribution in [3.63, 3.8) is 0 Å². The molecule has 4 rings (SSSR count). The number of thiophene rings is 1. The van der Waals surface area contributed by atoms with Crippen LogP contribution in [0.4, 0.5) is 5.69 Å². The average molecular weight is 524 g/mol. The van der Waals surface area contributed by atoms with Gasteiger partial charge in [0.15, 0.2) is 0 Å². The summed E-state index contributed by atoms with van der Waals surface area (Å²) in [6.07, 6.45) is 0. The fourth-order valence-electron chi connectivity index (χ4n) is 3.72. The molecule has 0 aliphatic heterocycles. The van der Waals surface area contributed by atoms with Gasteiger partial charge in [-0.1, -0.05) is 46.3 Å². The molecule has 0 saturated heterocycles. The van der Waals surface area contributed by atoms with Crippen LogP contribution in [0.25, 0.3) is 0 Å². The smallest absolute Gasteiger partial charge is 0.265 e. The number of carbonyl (C=O) groups excluding carboxylic acids is 1. The van der Waals surface area contributed by atoms with Gasteiger partial charge in [-0.2, -0.15) is 5.10 Å². The lowest BCUT2D eigenvalue weighted by Crippen LogP contribution is -2.12. The van der Waals surface area contributed by atoms with E-state index in [0.29, 0.717) is 18.0 Å². The van der Waals surface area contributed by atoms with Gasteiger partial charge in [-0.3, -0.25) is 9.48 Å². The van der Waals surface area contributed by atoms with Crippen molar-refractivity contribution in [2.45, 2.75) is 40.8 Å². The molecule has 0 fully saturated rings. The first-order valence-electron chi connectivity index (χ1n) is 10.7. The number of anilines is 1. The lowest BCUT2D eigenvalue weighted by molar-refractivity contribution is 0.103. The second-order valence-corrected chi connectivity index (χ2v) is 9.94. The van der Waals surface area contributed by atoms with E-state index in [2.05, 4.69) is 38.5 Å². The Labute approximate surface area is 206 Å². The third kappa shape index (κ3) is 5.37. The summed E-state index contributed by atoms with van der Waals surface area (Å²) in [5.74, 6) is 0.770. The third-order valence-corrected chi connectivity index (χ3v) is 7.04. The van der Waals surface area contributed by atoms with Crippen molar-refractivity contribution in [2.24, 2.45) is 0 Å². The minimum atomic E-state index is -0.132. The zero-order valence-electron chi connectivity index (χ0n) is 19.1. The van der Waals surface area contributed by atoms with Gasteiger partial charge in [-0.25, -0.2) is 0 Å². The van der Waals surface area contributed by atoms with E-state index in [1.807, 2.05) is 74.2 Å². The molecule has 0 atom stereocenters. The van der Waals surface area contributed by atoms with E-state index in [-0.39, 0.29) is 5.91 Å². The fraction of sp³-hybridized carbons (Fsp3) is 0.231. The van der Waals surface area contributed by atoms with Gasteiger partial charge >= 0.3 is 0 Å². The van der Waals surface area contributed by atoms with Crippen LogP contribution in [0.5, 0.6) is 5.75 Å². The van der Waals surface area contributed by atoms with Gasteiger partial charge in [0.25, 0.3) is 5.91 Å². The second-order valence-electron chi connectivity index (χ2n) is 8.11. The van der Waals surface area contributed by atoms with E-state index in [4.69, 9.17) is 4.74 Å². The number of nitrogens with zero attached hydrogens (tertiary/aromatic N) is 2. The van der Waals surface area contributed by atoms with Crippen LogP contribution < -0.4 is 10.1 Å². The van der Waals surface area contributed by atoms with Crippen molar-refractivity contribution < 1.29 is 9.53 Å². The van der Waals surface area contributed by atoms with E-state index in [1.165, 1.54) is 11.3 Å². The van der Waals surface area contributed by atoms with E-state index < -0.39 is 0 Å². The van der Waals surface area contributed by atoms with Crippen molar-refractivity contribution in [3.8, 4) is 5.75 Å².